The third-order valence-corrected chi connectivity index (χ3v) is 6.06. The van der Waals surface area contributed by atoms with E-state index in [1.54, 1.807) is 6.08 Å². The Morgan fingerprint density at radius 1 is 0.931 bits per heavy atom. The maximum absolute atomic E-state index is 13.1. The summed E-state index contributed by atoms with van der Waals surface area (Å²) in [5, 5.41) is 0. The molecule has 1 heterocycles. The van der Waals surface area contributed by atoms with Crippen LogP contribution in [0.1, 0.15) is 42.7 Å². The van der Waals surface area contributed by atoms with Crippen LogP contribution in [0.3, 0.4) is 0 Å². The van der Waals surface area contributed by atoms with Crippen molar-refractivity contribution < 1.29 is 22.0 Å². The lowest BCUT2D eigenvalue weighted by Gasteiger charge is -2.30. The Labute approximate surface area is 179 Å². The molecule has 2 aromatic carbocycles. The molecule has 2 aromatic rings. The Hall–Kier alpha value is -2.23. The number of nitrogens with zero attached hydrogens (tertiary/aromatic N) is 1. The Balaban J connectivity index is 0.00000240. The van der Waals surface area contributed by atoms with E-state index in [9.17, 15) is 9.59 Å². The number of hydrogen-bond acceptors (Lipinski definition) is 3. The SMILES string of the molecule is O=C1C=C(c2ccccc2)CC(c2ccccc2)C1C(=O)CCN1CCCC1.[Cl-]. The van der Waals surface area contributed by atoms with Crippen molar-refractivity contribution in [3.8, 4) is 0 Å². The lowest BCUT2D eigenvalue weighted by atomic mass is 9.71. The number of rotatable bonds is 6. The third kappa shape index (κ3) is 5.04. The third-order valence-electron chi connectivity index (χ3n) is 6.06. The van der Waals surface area contributed by atoms with Crippen molar-refractivity contribution in [3.05, 3.63) is 77.9 Å². The molecule has 3 nitrogen and oxygen atoms in total. The predicted molar refractivity (Wildman–Crippen MR) is 112 cm³/mol. The van der Waals surface area contributed by atoms with Gasteiger partial charge in [-0.3, -0.25) is 9.59 Å². The Kier molecular flexibility index (Phi) is 7.40. The van der Waals surface area contributed by atoms with Gasteiger partial charge in [-0.25, -0.2) is 0 Å². The summed E-state index contributed by atoms with van der Waals surface area (Å²) in [5.74, 6) is -0.586. The Bertz CT molecular complexity index is 857. The fourth-order valence-corrected chi connectivity index (χ4v) is 4.55. The van der Waals surface area contributed by atoms with Crippen molar-refractivity contribution in [1.29, 1.82) is 0 Å². The van der Waals surface area contributed by atoms with Crippen LogP contribution in [-0.2, 0) is 9.59 Å². The van der Waals surface area contributed by atoms with Gasteiger partial charge in [0.2, 0.25) is 0 Å². The highest BCUT2D eigenvalue weighted by Crippen LogP contribution is 2.40. The fraction of sp³-hybridized carbons (Fsp3) is 0.360. The molecule has 0 amide bonds. The molecule has 2 atom stereocenters. The molecule has 0 radical (unpaired) electrons. The van der Waals surface area contributed by atoms with E-state index in [-0.39, 0.29) is 29.9 Å². The van der Waals surface area contributed by atoms with Crippen molar-refractivity contribution in [2.24, 2.45) is 5.92 Å². The maximum atomic E-state index is 13.1. The quantitative estimate of drug-likeness (QED) is 0.680. The highest BCUT2D eigenvalue weighted by molar-refractivity contribution is 6.12. The zero-order valence-electron chi connectivity index (χ0n) is 16.6. The van der Waals surface area contributed by atoms with Crippen LogP contribution < -0.4 is 12.4 Å². The van der Waals surface area contributed by atoms with Crippen molar-refractivity contribution in [1.82, 2.24) is 4.90 Å². The van der Waals surface area contributed by atoms with Gasteiger partial charge in [0, 0.05) is 18.9 Å². The zero-order valence-corrected chi connectivity index (χ0v) is 17.4. The summed E-state index contributed by atoms with van der Waals surface area (Å²) in [5.41, 5.74) is 3.18. The molecule has 29 heavy (non-hydrogen) atoms. The summed E-state index contributed by atoms with van der Waals surface area (Å²) in [7, 11) is 0. The van der Waals surface area contributed by atoms with Gasteiger partial charge in [-0.2, -0.15) is 0 Å². The summed E-state index contributed by atoms with van der Waals surface area (Å²) in [6, 6.07) is 20.1. The standard InChI is InChI=1S/C25H27NO2.ClH/c27-23(13-16-26-14-7-8-15-26)25-22(20-11-5-2-6-12-20)17-21(18-24(25)28)19-9-3-1-4-10-19;/h1-6,9-12,18,22,25H,7-8,13-17H2;1H/p-1. The second-order valence-corrected chi connectivity index (χ2v) is 7.90. The van der Waals surface area contributed by atoms with Crippen LogP contribution >= 0.6 is 0 Å². The average molecular weight is 409 g/mol. The maximum Gasteiger partial charge on any atom is 0.167 e. The highest BCUT2D eigenvalue weighted by Gasteiger charge is 2.38. The molecule has 152 valence electrons. The number of hydrogen-bond donors (Lipinski definition) is 0. The molecule has 0 spiro atoms. The smallest absolute Gasteiger partial charge is 0.167 e. The molecule has 4 heteroatoms. The lowest BCUT2D eigenvalue weighted by molar-refractivity contribution is -0.131. The van der Waals surface area contributed by atoms with Gasteiger partial charge in [-0.05, 0) is 55.1 Å². The monoisotopic (exact) mass is 408 g/mol. The molecule has 0 saturated carbocycles. The van der Waals surface area contributed by atoms with Crippen LogP contribution in [0, 0.1) is 5.92 Å². The van der Waals surface area contributed by atoms with Gasteiger partial charge in [0.1, 0.15) is 5.78 Å². The van der Waals surface area contributed by atoms with Gasteiger partial charge in [0.25, 0.3) is 0 Å². The Morgan fingerprint density at radius 2 is 1.55 bits per heavy atom. The van der Waals surface area contributed by atoms with Crippen LogP contribution in [0.5, 0.6) is 0 Å². The van der Waals surface area contributed by atoms with Crippen LogP contribution in [0.4, 0.5) is 0 Å². The molecule has 2 unspecified atom stereocenters. The second-order valence-electron chi connectivity index (χ2n) is 7.90. The van der Waals surface area contributed by atoms with Gasteiger partial charge >= 0.3 is 0 Å². The van der Waals surface area contributed by atoms with E-state index in [1.165, 1.54) is 12.8 Å². The lowest BCUT2D eigenvalue weighted by Crippen LogP contribution is -3.00. The van der Waals surface area contributed by atoms with Gasteiger partial charge < -0.3 is 17.3 Å². The Morgan fingerprint density at radius 3 is 2.21 bits per heavy atom. The molecule has 1 saturated heterocycles. The van der Waals surface area contributed by atoms with E-state index >= 15 is 0 Å². The van der Waals surface area contributed by atoms with E-state index in [0.717, 1.165) is 42.8 Å². The van der Waals surface area contributed by atoms with E-state index in [0.29, 0.717) is 6.42 Å². The number of carbonyl (C=O) groups is 2. The van der Waals surface area contributed by atoms with Crippen LogP contribution in [-0.4, -0.2) is 36.1 Å². The molecular formula is C25H27ClNO2-. The highest BCUT2D eigenvalue weighted by atomic mass is 35.5. The number of benzene rings is 2. The minimum absolute atomic E-state index is 0. The number of allylic oxidation sites excluding steroid dienone is 2. The first-order valence-electron chi connectivity index (χ1n) is 10.3. The minimum Gasteiger partial charge on any atom is -1.00 e. The number of likely N-dealkylation sites (tertiary alicyclic amines) is 1. The zero-order chi connectivity index (χ0) is 19.3. The minimum atomic E-state index is -0.558. The van der Waals surface area contributed by atoms with E-state index in [1.807, 2.05) is 60.7 Å². The first-order chi connectivity index (χ1) is 13.7. The van der Waals surface area contributed by atoms with Crippen LogP contribution in [0.15, 0.2) is 66.7 Å². The van der Waals surface area contributed by atoms with E-state index < -0.39 is 5.92 Å². The molecule has 0 N–H and O–H groups in total. The molecule has 1 aliphatic heterocycles. The number of carbonyl (C=O) groups excluding carboxylic acids is 2. The molecule has 4 rings (SSSR count). The van der Waals surface area contributed by atoms with Gasteiger partial charge in [0.15, 0.2) is 5.78 Å². The van der Waals surface area contributed by atoms with Crippen molar-refractivity contribution in [3.63, 3.8) is 0 Å². The van der Waals surface area contributed by atoms with Gasteiger partial charge in [0.05, 0.1) is 5.92 Å². The number of Topliss-reactive ketones (excluding diaryl/α,β-unsaturated/α-hetero) is 1. The largest absolute Gasteiger partial charge is 1.00 e. The average Bonchev–Trinajstić information content (AvgIpc) is 3.26. The predicted octanol–water partition coefficient (Wildman–Crippen LogP) is 1.50. The summed E-state index contributed by atoms with van der Waals surface area (Å²) >= 11 is 0. The molecule has 0 aromatic heterocycles. The first kappa shape index (κ1) is 21.5. The summed E-state index contributed by atoms with van der Waals surface area (Å²) in [6.45, 7) is 2.93. The van der Waals surface area contributed by atoms with Crippen molar-refractivity contribution >= 4 is 17.1 Å². The van der Waals surface area contributed by atoms with E-state index in [4.69, 9.17) is 0 Å². The van der Waals surface area contributed by atoms with Gasteiger partial charge in [-0.15, -0.1) is 0 Å². The second kappa shape index (κ2) is 10.00. The molecule has 2 aliphatic rings. The number of ketones is 2. The van der Waals surface area contributed by atoms with Gasteiger partial charge in [-0.1, -0.05) is 60.7 Å². The topological polar surface area (TPSA) is 37.4 Å². The summed E-state index contributed by atoms with van der Waals surface area (Å²) < 4.78 is 0. The van der Waals surface area contributed by atoms with Crippen molar-refractivity contribution in [2.45, 2.75) is 31.6 Å². The summed E-state index contributed by atoms with van der Waals surface area (Å²) in [4.78, 5) is 28.5. The fourth-order valence-electron chi connectivity index (χ4n) is 4.55. The first-order valence-corrected chi connectivity index (χ1v) is 10.3. The summed E-state index contributed by atoms with van der Waals surface area (Å²) in [6.07, 6.45) is 5.33. The molecule has 0 bridgehead atoms. The van der Waals surface area contributed by atoms with Crippen LogP contribution in [0.2, 0.25) is 0 Å². The number of halogens is 1. The van der Waals surface area contributed by atoms with E-state index in [2.05, 4.69) is 4.90 Å². The molecular weight excluding hydrogens is 382 g/mol. The molecule has 1 fully saturated rings. The normalized spacial score (nSPS) is 22.1. The van der Waals surface area contributed by atoms with Crippen molar-refractivity contribution in [2.75, 3.05) is 19.6 Å². The van der Waals surface area contributed by atoms with Crippen LogP contribution in [0.25, 0.3) is 5.57 Å². The molecule has 1 aliphatic carbocycles.